The minimum Gasteiger partial charge on any atom is -0.323 e. The van der Waals surface area contributed by atoms with Crippen LogP contribution in [0.15, 0.2) is 42.5 Å². The van der Waals surface area contributed by atoms with Gasteiger partial charge in [-0.3, -0.25) is 14.9 Å². The third-order valence-electron chi connectivity index (χ3n) is 3.37. The molecule has 1 N–H and O–H groups in total. The number of benzene rings is 2. The van der Waals surface area contributed by atoms with Crippen molar-refractivity contribution >= 4 is 35.0 Å². The Morgan fingerprint density at radius 3 is 2.57 bits per heavy atom. The Bertz CT molecular complexity index is 800. The van der Waals surface area contributed by atoms with Crippen molar-refractivity contribution in [1.82, 2.24) is 0 Å². The Morgan fingerprint density at radius 2 is 1.91 bits per heavy atom. The van der Waals surface area contributed by atoms with Crippen LogP contribution in [0.1, 0.15) is 16.7 Å². The van der Waals surface area contributed by atoms with Gasteiger partial charge in [0.15, 0.2) is 0 Å². The molecule has 0 heterocycles. The highest BCUT2D eigenvalue weighted by Crippen LogP contribution is 2.25. The second-order valence-electron chi connectivity index (χ2n) is 5.09. The average Bonchev–Trinajstić information content (AvgIpc) is 2.50. The minimum atomic E-state index is -0.561. The molecule has 0 radical (unpaired) electrons. The smallest absolute Gasteiger partial charge is 0.288 e. The molecule has 2 aromatic carbocycles. The van der Waals surface area contributed by atoms with Crippen LogP contribution in [0.3, 0.4) is 0 Å². The Balaban J connectivity index is 2.10. The van der Waals surface area contributed by atoms with E-state index in [0.29, 0.717) is 11.3 Å². The lowest BCUT2D eigenvalue weighted by Crippen LogP contribution is -2.07. The second-order valence-corrected chi connectivity index (χ2v) is 5.50. The lowest BCUT2D eigenvalue weighted by molar-refractivity contribution is -0.384. The van der Waals surface area contributed by atoms with E-state index < -0.39 is 4.92 Å². The van der Waals surface area contributed by atoms with Gasteiger partial charge in [0.1, 0.15) is 5.02 Å². The van der Waals surface area contributed by atoms with Gasteiger partial charge in [-0.1, -0.05) is 23.7 Å². The Labute approximate surface area is 138 Å². The SMILES string of the molecule is Cc1ccc(NC(=O)C=Cc2ccc(Cl)c([N+](=O)[O-])c2)cc1C. The van der Waals surface area contributed by atoms with Gasteiger partial charge in [-0.2, -0.15) is 0 Å². The van der Waals surface area contributed by atoms with Gasteiger partial charge in [-0.25, -0.2) is 0 Å². The number of carbonyl (C=O) groups excluding carboxylic acids is 1. The Morgan fingerprint density at radius 1 is 1.17 bits per heavy atom. The first kappa shape index (κ1) is 16.7. The largest absolute Gasteiger partial charge is 0.323 e. The molecule has 0 saturated heterocycles. The molecule has 2 aromatic rings. The summed E-state index contributed by atoms with van der Waals surface area (Å²) in [7, 11) is 0. The summed E-state index contributed by atoms with van der Waals surface area (Å²) in [6, 6.07) is 9.99. The van der Waals surface area contributed by atoms with Crippen molar-refractivity contribution in [3.63, 3.8) is 0 Å². The molecule has 0 fully saturated rings. The number of nitro benzene ring substituents is 1. The first-order valence-corrected chi connectivity index (χ1v) is 7.25. The summed E-state index contributed by atoms with van der Waals surface area (Å²) in [5, 5.41) is 13.6. The number of nitrogens with one attached hydrogen (secondary N) is 1. The van der Waals surface area contributed by atoms with Crippen molar-refractivity contribution in [2.75, 3.05) is 5.32 Å². The molecule has 0 aliphatic rings. The van der Waals surface area contributed by atoms with Crippen molar-refractivity contribution in [3.8, 4) is 0 Å². The summed E-state index contributed by atoms with van der Waals surface area (Å²) < 4.78 is 0. The molecular formula is C17H15ClN2O3. The van der Waals surface area contributed by atoms with Crippen LogP contribution in [0, 0.1) is 24.0 Å². The number of hydrogen-bond acceptors (Lipinski definition) is 3. The van der Waals surface area contributed by atoms with Gasteiger partial charge in [-0.05, 0) is 54.8 Å². The summed E-state index contributed by atoms with van der Waals surface area (Å²) >= 11 is 5.74. The predicted octanol–water partition coefficient (Wildman–Crippen LogP) is 4.52. The number of amides is 1. The maximum absolute atomic E-state index is 11.9. The van der Waals surface area contributed by atoms with Gasteiger partial charge in [0.2, 0.25) is 5.91 Å². The molecule has 0 aliphatic carbocycles. The van der Waals surface area contributed by atoms with Crippen LogP contribution in [0.2, 0.25) is 5.02 Å². The maximum atomic E-state index is 11.9. The van der Waals surface area contributed by atoms with Crippen molar-refractivity contribution in [2.45, 2.75) is 13.8 Å². The number of hydrogen-bond donors (Lipinski definition) is 1. The van der Waals surface area contributed by atoms with Gasteiger partial charge < -0.3 is 5.32 Å². The zero-order valence-corrected chi connectivity index (χ0v) is 13.4. The van der Waals surface area contributed by atoms with Crippen LogP contribution in [0.5, 0.6) is 0 Å². The van der Waals surface area contributed by atoms with Crippen molar-refractivity contribution in [1.29, 1.82) is 0 Å². The molecule has 1 amide bonds. The zero-order chi connectivity index (χ0) is 17.0. The second kappa shape index (κ2) is 7.07. The first-order valence-electron chi connectivity index (χ1n) is 6.87. The van der Waals surface area contributed by atoms with Gasteiger partial charge in [-0.15, -0.1) is 0 Å². The van der Waals surface area contributed by atoms with E-state index in [0.717, 1.165) is 11.1 Å². The van der Waals surface area contributed by atoms with Gasteiger partial charge in [0, 0.05) is 17.8 Å². The van der Waals surface area contributed by atoms with E-state index in [2.05, 4.69) is 5.32 Å². The van der Waals surface area contributed by atoms with E-state index in [1.165, 1.54) is 24.3 Å². The third-order valence-corrected chi connectivity index (χ3v) is 3.69. The highest BCUT2D eigenvalue weighted by Gasteiger charge is 2.11. The van der Waals surface area contributed by atoms with E-state index in [-0.39, 0.29) is 16.6 Å². The standard InChI is InChI=1S/C17H15ClN2O3/c1-11-3-6-14(9-12(11)2)19-17(21)8-5-13-4-7-15(18)16(10-13)20(22)23/h3-10H,1-2H3,(H,19,21). The van der Waals surface area contributed by atoms with Crippen molar-refractivity contribution in [2.24, 2.45) is 0 Å². The minimum absolute atomic E-state index is 0.0618. The van der Waals surface area contributed by atoms with Gasteiger partial charge in [0.25, 0.3) is 5.69 Å². The van der Waals surface area contributed by atoms with E-state index in [4.69, 9.17) is 11.6 Å². The van der Waals surface area contributed by atoms with Gasteiger partial charge in [0.05, 0.1) is 4.92 Å². The fourth-order valence-electron chi connectivity index (χ4n) is 1.95. The molecule has 0 atom stereocenters. The third kappa shape index (κ3) is 4.40. The van der Waals surface area contributed by atoms with Crippen molar-refractivity contribution in [3.05, 3.63) is 74.3 Å². The molecule has 6 heteroatoms. The van der Waals surface area contributed by atoms with Crippen LogP contribution in [-0.4, -0.2) is 10.8 Å². The fourth-order valence-corrected chi connectivity index (χ4v) is 2.13. The molecule has 2 rings (SSSR count). The molecule has 0 bridgehead atoms. The highest BCUT2D eigenvalue weighted by atomic mass is 35.5. The van der Waals surface area contributed by atoms with Crippen LogP contribution in [0.25, 0.3) is 6.08 Å². The van der Waals surface area contributed by atoms with E-state index in [1.807, 2.05) is 32.0 Å². The fraction of sp³-hybridized carbons (Fsp3) is 0.118. The maximum Gasteiger partial charge on any atom is 0.288 e. The quantitative estimate of drug-likeness (QED) is 0.509. The summed E-state index contributed by atoms with van der Waals surface area (Å²) in [6.45, 7) is 3.96. The number of nitrogens with zero attached hydrogens (tertiary/aromatic N) is 1. The topological polar surface area (TPSA) is 72.2 Å². The monoisotopic (exact) mass is 330 g/mol. The lowest BCUT2D eigenvalue weighted by Gasteiger charge is -2.05. The van der Waals surface area contributed by atoms with E-state index in [9.17, 15) is 14.9 Å². The van der Waals surface area contributed by atoms with Crippen LogP contribution >= 0.6 is 11.6 Å². The summed E-state index contributed by atoms with van der Waals surface area (Å²) in [4.78, 5) is 22.2. The normalized spacial score (nSPS) is 10.7. The lowest BCUT2D eigenvalue weighted by atomic mass is 10.1. The molecule has 23 heavy (non-hydrogen) atoms. The molecule has 118 valence electrons. The number of halogens is 1. The molecule has 0 aliphatic heterocycles. The number of nitro groups is 1. The molecule has 0 saturated carbocycles. The molecule has 0 spiro atoms. The predicted molar refractivity (Wildman–Crippen MR) is 91.7 cm³/mol. The highest BCUT2D eigenvalue weighted by molar-refractivity contribution is 6.32. The molecule has 5 nitrogen and oxygen atoms in total. The van der Waals surface area contributed by atoms with Crippen LogP contribution < -0.4 is 5.32 Å². The average molecular weight is 331 g/mol. The Hall–Kier alpha value is -2.66. The number of anilines is 1. The number of carbonyl (C=O) groups is 1. The summed E-state index contributed by atoms with van der Waals surface area (Å²) in [6.07, 6.45) is 2.82. The molecular weight excluding hydrogens is 316 g/mol. The number of aryl methyl sites for hydroxylation is 2. The van der Waals surface area contributed by atoms with Gasteiger partial charge >= 0.3 is 0 Å². The Kier molecular flexibility index (Phi) is 5.13. The van der Waals surface area contributed by atoms with Crippen molar-refractivity contribution < 1.29 is 9.72 Å². The zero-order valence-electron chi connectivity index (χ0n) is 12.7. The van der Waals surface area contributed by atoms with E-state index >= 15 is 0 Å². The van der Waals surface area contributed by atoms with E-state index in [1.54, 1.807) is 6.07 Å². The summed E-state index contributed by atoms with van der Waals surface area (Å²) in [5.74, 6) is -0.314. The molecule has 0 unspecified atom stereocenters. The number of rotatable bonds is 4. The molecule has 0 aromatic heterocycles. The van der Waals surface area contributed by atoms with Crippen LogP contribution in [0.4, 0.5) is 11.4 Å². The van der Waals surface area contributed by atoms with Crippen LogP contribution in [-0.2, 0) is 4.79 Å². The summed E-state index contributed by atoms with van der Waals surface area (Å²) in [5.41, 5.74) is 3.26. The first-order chi connectivity index (χ1) is 10.9.